The molecule has 0 aliphatic carbocycles. The van der Waals surface area contributed by atoms with Gasteiger partial charge in [-0.05, 0) is 55.5 Å². The van der Waals surface area contributed by atoms with Crippen LogP contribution in [-0.2, 0) is 0 Å². The second-order valence-corrected chi connectivity index (χ2v) is 8.20. The number of carbonyl (C=O) groups is 2. The normalized spacial score (nSPS) is 10.4. The molecular formula is C23H21N3O4S. The van der Waals surface area contributed by atoms with Crippen LogP contribution in [-0.4, -0.2) is 35.7 Å². The van der Waals surface area contributed by atoms with Crippen molar-refractivity contribution in [2.45, 2.75) is 16.7 Å². The Bertz CT molecular complexity index is 1130. The minimum Gasteiger partial charge on any atom is -0.345 e. The summed E-state index contributed by atoms with van der Waals surface area (Å²) in [6.45, 7) is 1.97. The molecule has 0 heterocycles. The molecule has 3 rings (SSSR count). The van der Waals surface area contributed by atoms with Crippen molar-refractivity contribution in [2.75, 3.05) is 19.4 Å². The highest BCUT2D eigenvalue weighted by molar-refractivity contribution is 7.99. The zero-order valence-corrected chi connectivity index (χ0v) is 18.1. The van der Waals surface area contributed by atoms with Crippen molar-refractivity contribution in [1.29, 1.82) is 0 Å². The Hall–Kier alpha value is -3.65. The summed E-state index contributed by atoms with van der Waals surface area (Å²) in [6, 6.07) is 18.5. The summed E-state index contributed by atoms with van der Waals surface area (Å²) in [7, 11) is 3.32. The summed E-state index contributed by atoms with van der Waals surface area (Å²) in [5.41, 5.74) is 2.13. The van der Waals surface area contributed by atoms with E-state index in [0.29, 0.717) is 16.1 Å². The first-order valence-corrected chi connectivity index (χ1v) is 10.2. The highest BCUT2D eigenvalue weighted by atomic mass is 32.2. The molecule has 0 aliphatic rings. The molecule has 7 nitrogen and oxygen atoms in total. The van der Waals surface area contributed by atoms with E-state index in [4.69, 9.17) is 0 Å². The second kappa shape index (κ2) is 9.44. The Balaban J connectivity index is 1.78. The van der Waals surface area contributed by atoms with Crippen molar-refractivity contribution < 1.29 is 14.5 Å². The number of aryl methyl sites for hydroxylation is 1. The van der Waals surface area contributed by atoms with E-state index in [-0.39, 0.29) is 17.2 Å². The minimum absolute atomic E-state index is 0.134. The fourth-order valence-electron chi connectivity index (χ4n) is 2.78. The van der Waals surface area contributed by atoms with Crippen molar-refractivity contribution in [3.8, 4) is 0 Å². The summed E-state index contributed by atoms with van der Waals surface area (Å²) in [5, 5.41) is 14.3. The van der Waals surface area contributed by atoms with E-state index in [1.54, 1.807) is 50.5 Å². The molecule has 0 saturated carbocycles. The molecule has 0 unspecified atom stereocenters. The monoisotopic (exact) mass is 435 g/mol. The summed E-state index contributed by atoms with van der Waals surface area (Å²) in [4.78, 5) is 38.4. The summed E-state index contributed by atoms with van der Waals surface area (Å²) >= 11 is 1.27. The molecule has 31 heavy (non-hydrogen) atoms. The van der Waals surface area contributed by atoms with E-state index in [0.717, 1.165) is 10.5 Å². The van der Waals surface area contributed by atoms with Crippen LogP contribution in [0, 0.1) is 17.0 Å². The number of amides is 2. The Labute approximate surface area is 184 Å². The molecule has 2 amide bonds. The van der Waals surface area contributed by atoms with Gasteiger partial charge in [-0.25, -0.2) is 0 Å². The largest absolute Gasteiger partial charge is 0.345 e. The van der Waals surface area contributed by atoms with Gasteiger partial charge in [-0.2, -0.15) is 0 Å². The van der Waals surface area contributed by atoms with Gasteiger partial charge in [-0.3, -0.25) is 19.7 Å². The lowest BCUT2D eigenvalue weighted by Gasteiger charge is -2.11. The van der Waals surface area contributed by atoms with Crippen LogP contribution in [0.1, 0.15) is 26.3 Å². The number of nitrogens with zero attached hydrogens (tertiary/aromatic N) is 2. The number of carbonyl (C=O) groups excluding carboxylic acids is 2. The Morgan fingerprint density at radius 1 is 0.935 bits per heavy atom. The highest BCUT2D eigenvalue weighted by Crippen LogP contribution is 2.35. The van der Waals surface area contributed by atoms with Crippen LogP contribution < -0.4 is 5.32 Å². The third-order valence-corrected chi connectivity index (χ3v) is 5.54. The summed E-state index contributed by atoms with van der Waals surface area (Å²) in [5.74, 6) is -0.614. The zero-order valence-electron chi connectivity index (χ0n) is 17.3. The lowest BCUT2D eigenvalue weighted by Crippen LogP contribution is -2.21. The molecule has 0 fully saturated rings. The van der Waals surface area contributed by atoms with E-state index in [2.05, 4.69) is 5.32 Å². The molecule has 0 aromatic heterocycles. The average Bonchev–Trinajstić information content (AvgIpc) is 2.75. The van der Waals surface area contributed by atoms with E-state index >= 15 is 0 Å². The van der Waals surface area contributed by atoms with Crippen LogP contribution in [0.3, 0.4) is 0 Å². The molecule has 1 N–H and O–H groups in total. The van der Waals surface area contributed by atoms with Crippen molar-refractivity contribution in [2.24, 2.45) is 0 Å². The van der Waals surface area contributed by atoms with Gasteiger partial charge in [0.2, 0.25) is 0 Å². The van der Waals surface area contributed by atoms with E-state index in [1.807, 2.05) is 31.2 Å². The molecule has 8 heteroatoms. The van der Waals surface area contributed by atoms with Gasteiger partial charge < -0.3 is 10.2 Å². The Morgan fingerprint density at radius 3 is 2.13 bits per heavy atom. The minimum atomic E-state index is -0.491. The van der Waals surface area contributed by atoms with Crippen LogP contribution in [0.5, 0.6) is 0 Å². The van der Waals surface area contributed by atoms with Crippen molar-refractivity contribution >= 4 is 35.0 Å². The maximum Gasteiger partial charge on any atom is 0.284 e. The molecule has 0 atom stereocenters. The number of hydrogen-bond acceptors (Lipinski definition) is 5. The van der Waals surface area contributed by atoms with Crippen LogP contribution in [0.2, 0.25) is 0 Å². The lowest BCUT2D eigenvalue weighted by atomic mass is 10.1. The van der Waals surface area contributed by atoms with Gasteiger partial charge in [0.05, 0.1) is 9.82 Å². The molecule has 0 aliphatic heterocycles. The number of nitro benzene ring substituents is 1. The first-order chi connectivity index (χ1) is 14.7. The lowest BCUT2D eigenvalue weighted by molar-refractivity contribution is -0.387. The molecule has 3 aromatic rings. The number of benzene rings is 3. The molecule has 0 saturated heterocycles. The van der Waals surface area contributed by atoms with Gasteiger partial charge in [0.1, 0.15) is 0 Å². The van der Waals surface area contributed by atoms with Gasteiger partial charge in [-0.15, -0.1) is 0 Å². The Morgan fingerprint density at radius 2 is 1.55 bits per heavy atom. The van der Waals surface area contributed by atoms with Gasteiger partial charge in [-0.1, -0.05) is 29.5 Å². The van der Waals surface area contributed by atoms with Crippen LogP contribution in [0.4, 0.5) is 11.4 Å². The third kappa shape index (κ3) is 5.49. The molecule has 0 bridgehead atoms. The van der Waals surface area contributed by atoms with E-state index in [9.17, 15) is 19.7 Å². The predicted octanol–water partition coefficient (Wildman–Crippen LogP) is 5.01. The first kappa shape index (κ1) is 22.0. The summed E-state index contributed by atoms with van der Waals surface area (Å²) < 4.78 is 0. The maximum absolute atomic E-state index is 12.6. The van der Waals surface area contributed by atoms with Crippen LogP contribution in [0.15, 0.2) is 76.5 Å². The van der Waals surface area contributed by atoms with Crippen LogP contribution in [0.25, 0.3) is 0 Å². The fourth-order valence-corrected chi connectivity index (χ4v) is 3.68. The molecule has 0 radical (unpaired) electrons. The molecule has 158 valence electrons. The number of anilines is 1. The fraction of sp³-hybridized carbons (Fsp3) is 0.130. The van der Waals surface area contributed by atoms with Crippen molar-refractivity contribution in [1.82, 2.24) is 4.90 Å². The van der Waals surface area contributed by atoms with Gasteiger partial charge in [0.15, 0.2) is 0 Å². The maximum atomic E-state index is 12.6. The quantitative estimate of drug-likeness (QED) is 0.434. The van der Waals surface area contributed by atoms with Gasteiger partial charge in [0, 0.05) is 41.9 Å². The summed E-state index contributed by atoms with van der Waals surface area (Å²) in [6.07, 6.45) is 0. The number of hydrogen-bond donors (Lipinski definition) is 1. The number of rotatable bonds is 6. The van der Waals surface area contributed by atoms with Gasteiger partial charge >= 0.3 is 0 Å². The third-order valence-electron chi connectivity index (χ3n) is 4.46. The first-order valence-electron chi connectivity index (χ1n) is 9.40. The standard InChI is InChI=1S/C23H21N3O4S/c1-15-4-11-19(12-5-15)31-21-13-8-17(14-20(21)26(29)30)22(27)24-18-9-6-16(7-10-18)23(28)25(2)3/h4-14H,1-3H3,(H,24,27). The van der Waals surface area contributed by atoms with Crippen LogP contribution >= 0.6 is 11.8 Å². The predicted molar refractivity (Wildman–Crippen MR) is 121 cm³/mol. The average molecular weight is 436 g/mol. The molecule has 0 spiro atoms. The zero-order chi connectivity index (χ0) is 22.5. The number of nitro groups is 1. The Kier molecular flexibility index (Phi) is 6.71. The SMILES string of the molecule is Cc1ccc(Sc2ccc(C(=O)Nc3ccc(C(=O)N(C)C)cc3)cc2[N+](=O)[O-])cc1. The number of nitrogens with one attached hydrogen (secondary N) is 1. The smallest absolute Gasteiger partial charge is 0.284 e. The molecule has 3 aromatic carbocycles. The van der Waals surface area contributed by atoms with Crippen molar-refractivity contribution in [3.63, 3.8) is 0 Å². The highest BCUT2D eigenvalue weighted by Gasteiger charge is 2.19. The molecular weight excluding hydrogens is 414 g/mol. The second-order valence-electron chi connectivity index (χ2n) is 7.09. The van der Waals surface area contributed by atoms with Gasteiger partial charge in [0.25, 0.3) is 17.5 Å². The van der Waals surface area contributed by atoms with Crippen molar-refractivity contribution in [3.05, 3.63) is 93.5 Å². The van der Waals surface area contributed by atoms with E-state index < -0.39 is 10.8 Å². The van der Waals surface area contributed by atoms with E-state index in [1.165, 1.54) is 22.7 Å². The topological polar surface area (TPSA) is 92.6 Å².